The number of aromatic nitrogens is 3. The van der Waals surface area contributed by atoms with Gasteiger partial charge in [0.1, 0.15) is 12.2 Å². The van der Waals surface area contributed by atoms with Gasteiger partial charge in [-0.3, -0.25) is 0 Å². The number of hydrogen-bond donors (Lipinski definition) is 1. The molecule has 0 amide bonds. The van der Waals surface area contributed by atoms with Gasteiger partial charge in [0.2, 0.25) is 0 Å². The lowest BCUT2D eigenvalue weighted by Gasteiger charge is -2.22. The summed E-state index contributed by atoms with van der Waals surface area (Å²) in [7, 11) is 4.22. The van der Waals surface area contributed by atoms with Gasteiger partial charge in [-0.05, 0) is 46.4 Å². The third-order valence-electron chi connectivity index (χ3n) is 3.31. The molecule has 5 nitrogen and oxygen atoms in total. The van der Waals surface area contributed by atoms with Crippen LogP contribution in [0, 0.1) is 0 Å². The van der Waals surface area contributed by atoms with E-state index in [1.807, 2.05) is 6.33 Å². The standard InChI is InChI=1S/C12H23N5/c1-16(2)7-4-8-17-10-14-15-12(17)11-5-3-6-13-9-11/h10-11,13H,3-9H2,1-2H3. The molecule has 2 rings (SSSR count). The number of aryl methyl sites for hydroxylation is 1. The highest BCUT2D eigenvalue weighted by Gasteiger charge is 2.20. The maximum Gasteiger partial charge on any atom is 0.137 e. The fraction of sp³-hybridized carbons (Fsp3) is 0.833. The Kier molecular flexibility index (Phi) is 4.50. The largest absolute Gasteiger partial charge is 0.317 e. The number of hydrogen-bond acceptors (Lipinski definition) is 4. The van der Waals surface area contributed by atoms with E-state index in [1.54, 1.807) is 0 Å². The zero-order chi connectivity index (χ0) is 12.1. The maximum atomic E-state index is 4.30. The van der Waals surface area contributed by atoms with E-state index in [1.165, 1.54) is 12.8 Å². The molecule has 0 bridgehead atoms. The van der Waals surface area contributed by atoms with Gasteiger partial charge in [0.05, 0.1) is 0 Å². The van der Waals surface area contributed by atoms with Crippen molar-refractivity contribution in [2.75, 3.05) is 33.7 Å². The first-order chi connectivity index (χ1) is 8.27. The molecule has 17 heavy (non-hydrogen) atoms. The zero-order valence-electron chi connectivity index (χ0n) is 10.9. The fourth-order valence-electron chi connectivity index (χ4n) is 2.38. The van der Waals surface area contributed by atoms with E-state index >= 15 is 0 Å². The van der Waals surface area contributed by atoms with Crippen molar-refractivity contribution < 1.29 is 0 Å². The highest BCUT2D eigenvalue weighted by Crippen LogP contribution is 2.21. The van der Waals surface area contributed by atoms with E-state index in [0.29, 0.717) is 5.92 Å². The summed E-state index contributed by atoms with van der Waals surface area (Å²) in [6.07, 6.45) is 5.51. The molecule has 0 aliphatic carbocycles. The smallest absolute Gasteiger partial charge is 0.137 e. The lowest BCUT2D eigenvalue weighted by molar-refractivity contribution is 0.377. The summed E-state index contributed by atoms with van der Waals surface area (Å²) in [6, 6.07) is 0. The SMILES string of the molecule is CN(C)CCCn1cnnc1C1CCCNC1. The molecule has 0 aromatic carbocycles. The van der Waals surface area contributed by atoms with Crippen LogP contribution in [0.5, 0.6) is 0 Å². The molecule has 1 fully saturated rings. The Bertz CT molecular complexity index is 327. The van der Waals surface area contributed by atoms with Crippen molar-refractivity contribution in [3.05, 3.63) is 12.2 Å². The fourth-order valence-corrected chi connectivity index (χ4v) is 2.38. The summed E-state index contributed by atoms with van der Waals surface area (Å²) in [6.45, 7) is 4.33. The summed E-state index contributed by atoms with van der Waals surface area (Å²) in [5.41, 5.74) is 0. The third kappa shape index (κ3) is 3.51. The third-order valence-corrected chi connectivity index (χ3v) is 3.31. The summed E-state index contributed by atoms with van der Waals surface area (Å²) < 4.78 is 2.22. The van der Waals surface area contributed by atoms with Gasteiger partial charge in [0.25, 0.3) is 0 Å². The highest BCUT2D eigenvalue weighted by molar-refractivity contribution is 4.99. The number of nitrogens with one attached hydrogen (secondary N) is 1. The second kappa shape index (κ2) is 6.12. The van der Waals surface area contributed by atoms with Crippen molar-refractivity contribution in [3.8, 4) is 0 Å². The van der Waals surface area contributed by atoms with Gasteiger partial charge in [-0.25, -0.2) is 0 Å². The first kappa shape index (κ1) is 12.5. The van der Waals surface area contributed by atoms with Crippen LogP contribution in [0.15, 0.2) is 6.33 Å². The number of piperidine rings is 1. The molecule has 1 atom stereocenters. The van der Waals surface area contributed by atoms with Crippen molar-refractivity contribution in [2.45, 2.75) is 31.7 Å². The van der Waals surface area contributed by atoms with Crippen LogP contribution >= 0.6 is 0 Å². The molecule has 1 N–H and O–H groups in total. The molecule has 0 radical (unpaired) electrons. The summed E-state index contributed by atoms with van der Waals surface area (Å²) in [5, 5.41) is 11.8. The Morgan fingerprint density at radius 2 is 2.41 bits per heavy atom. The number of nitrogens with zero attached hydrogens (tertiary/aromatic N) is 4. The van der Waals surface area contributed by atoms with Gasteiger partial charge in [0.15, 0.2) is 0 Å². The lowest BCUT2D eigenvalue weighted by Crippen LogP contribution is -2.30. The summed E-state index contributed by atoms with van der Waals surface area (Å²) in [4.78, 5) is 2.21. The van der Waals surface area contributed by atoms with Gasteiger partial charge in [-0.15, -0.1) is 10.2 Å². The Labute approximate surface area is 103 Å². The summed E-state index contributed by atoms with van der Waals surface area (Å²) in [5.74, 6) is 1.71. The lowest BCUT2D eigenvalue weighted by atomic mass is 9.99. The van der Waals surface area contributed by atoms with Crippen LogP contribution in [-0.4, -0.2) is 53.4 Å². The molecular weight excluding hydrogens is 214 g/mol. The van der Waals surface area contributed by atoms with Gasteiger partial charge >= 0.3 is 0 Å². The molecule has 1 aromatic rings. The van der Waals surface area contributed by atoms with Crippen LogP contribution in [0.3, 0.4) is 0 Å². The molecule has 0 saturated carbocycles. The van der Waals surface area contributed by atoms with E-state index in [9.17, 15) is 0 Å². The highest BCUT2D eigenvalue weighted by atomic mass is 15.3. The molecule has 2 heterocycles. The van der Waals surface area contributed by atoms with Gasteiger partial charge in [-0.1, -0.05) is 0 Å². The van der Waals surface area contributed by atoms with Crippen LogP contribution in [0.25, 0.3) is 0 Å². The van der Waals surface area contributed by atoms with Crippen LogP contribution in [0.2, 0.25) is 0 Å². The summed E-state index contributed by atoms with van der Waals surface area (Å²) >= 11 is 0. The Balaban J connectivity index is 1.91. The van der Waals surface area contributed by atoms with Gasteiger partial charge < -0.3 is 14.8 Å². The van der Waals surface area contributed by atoms with E-state index in [4.69, 9.17) is 0 Å². The van der Waals surface area contributed by atoms with E-state index < -0.39 is 0 Å². The molecule has 1 aromatic heterocycles. The predicted octanol–water partition coefficient (Wildman–Crippen LogP) is 0.697. The maximum absolute atomic E-state index is 4.30. The molecule has 1 saturated heterocycles. The average Bonchev–Trinajstić information content (AvgIpc) is 2.78. The second-order valence-corrected chi connectivity index (χ2v) is 5.08. The number of rotatable bonds is 5. The molecule has 1 aliphatic rings. The first-order valence-electron chi connectivity index (χ1n) is 6.50. The topological polar surface area (TPSA) is 46.0 Å². The normalized spacial score (nSPS) is 21.0. The second-order valence-electron chi connectivity index (χ2n) is 5.08. The Hall–Kier alpha value is -0.940. The monoisotopic (exact) mass is 237 g/mol. The van der Waals surface area contributed by atoms with Crippen LogP contribution in [-0.2, 0) is 6.54 Å². The van der Waals surface area contributed by atoms with E-state index in [-0.39, 0.29) is 0 Å². The van der Waals surface area contributed by atoms with Crippen molar-refractivity contribution in [3.63, 3.8) is 0 Å². The van der Waals surface area contributed by atoms with Crippen molar-refractivity contribution in [1.29, 1.82) is 0 Å². The first-order valence-corrected chi connectivity index (χ1v) is 6.50. The average molecular weight is 237 g/mol. The van der Waals surface area contributed by atoms with Crippen molar-refractivity contribution in [1.82, 2.24) is 25.0 Å². The molecular formula is C12H23N5. The Morgan fingerprint density at radius 1 is 1.53 bits per heavy atom. The van der Waals surface area contributed by atoms with Gasteiger partial charge in [0, 0.05) is 19.0 Å². The Morgan fingerprint density at radius 3 is 3.12 bits per heavy atom. The van der Waals surface area contributed by atoms with Crippen LogP contribution in [0.4, 0.5) is 0 Å². The van der Waals surface area contributed by atoms with E-state index in [2.05, 4.69) is 39.1 Å². The predicted molar refractivity (Wildman–Crippen MR) is 68.0 cm³/mol. The van der Waals surface area contributed by atoms with Crippen molar-refractivity contribution >= 4 is 0 Å². The van der Waals surface area contributed by atoms with Crippen molar-refractivity contribution in [2.24, 2.45) is 0 Å². The minimum atomic E-state index is 0.547. The van der Waals surface area contributed by atoms with Crippen LogP contribution in [0.1, 0.15) is 31.0 Å². The zero-order valence-corrected chi connectivity index (χ0v) is 10.9. The van der Waals surface area contributed by atoms with Gasteiger partial charge in [-0.2, -0.15) is 0 Å². The molecule has 1 aliphatic heterocycles. The minimum absolute atomic E-state index is 0.547. The molecule has 5 heteroatoms. The quantitative estimate of drug-likeness (QED) is 0.819. The van der Waals surface area contributed by atoms with Crippen LogP contribution < -0.4 is 5.32 Å². The molecule has 1 unspecified atom stereocenters. The molecule has 96 valence electrons. The van der Waals surface area contributed by atoms with E-state index in [0.717, 1.165) is 38.4 Å². The minimum Gasteiger partial charge on any atom is -0.317 e. The molecule has 0 spiro atoms.